The Morgan fingerprint density at radius 1 is 1.30 bits per heavy atom. The van der Waals surface area contributed by atoms with Gasteiger partial charge in [-0.3, -0.25) is 9.36 Å². The van der Waals surface area contributed by atoms with Gasteiger partial charge in [0, 0.05) is 35.5 Å². The number of carbonyl (C=O) groups is 1. The van der Waals surface area contributed by atoms with E-state index in [1.807, 2.05) is 11.0 Å². The third-order valence-corrected chi connectivity index (χ3v) is 6.89. The number of aryl methyl sites for hydroxylation is 1. The predicted octanol–water partition coefficient (Wildman–Crippen LogP) is 3.09. The van der Waals surface area contributed by atoms with Gasteiger partial charge in [0.2, 0.25) is 0 Å². The average Bonchev–Trinajstić information content (AvgIpc) is 2.55. The van der Waals surface area contributed by atoms with E-state index in [0.29, 0.717) is 30.4 Å². The standard InChI is InChI=1S/C15H13BrClN3O2S/c16-11-10(17)6-9-12-13(11)23-5-4-20(12)15(22)18-14(9)19-3-1-2-8(21)7-19/h6H,1-5,7H2. The van der Waals surface area contributed by atoms with Crippen LogP contribution in [0.2, 0.25) is 5.02 Å². The lowest BCUT2D eigenvalue weighted by atomic mass is 10.1. The molecule has 1 aromatic heterocycles. The Morgan fingerprint density at radius 2 is 2.13 bits per heavy atom. The number of ketones is 1. The molecule has 8 heteroatoms. The van der Waals surface area contributed by atoms with Crippen molar-refractivity contribution in [2.75, 3.05) is 23.7 Å². The number of thioether (sulfide) groups is 1. The average molecular weight is 415 g/mol. The van der Waals surface area contributed by atoms with Gasteiger partial charge in [-0.1, -0.05) is 11.6 Å². The molecule has 0 N–H and O–H groups in total. The first-order valence-electron chi connectivity index (χ1n) is 7.38. The van der Waals surface area contributed by atoms with Gasteiger partial charge in [-0.15, -0.1) is 11.8 Å². The number of nitrogens with zero attached hydrogens (tertiary/aromatic N) is 3. The maximum Gasteiger partial charge on any atom is 0.350 e. The number of benzene rings is 1. The number of anilines is 1. The smallest absolute Gasteiger partial charge is 0.349 e. The van der Waals surface area contributed by atoms with Crippen LogP contribution in [0, 0.1) is 0 Å². The highest BCUT2D eigenvalue weighted by molar-refractivity contribution is 9.10. The number of hydrogen-bond donors (Lipinski definition) is 0. The van der Waals surface area contributed by atoms with E-state index in [-0.39, 0.29) is 11.5 Å². The Labute approximate surface area is 150 Å². The molecule has 1 saturated heterocycles. The molecule has 1 fully saturated rings. The molecule has 1 aromatic carbocycles. The Bertz CT molecular complexity index is 899. The van der Waals surface area contributed by atoms with E-state index in [2.05, 4.69) is 20.9 Å². The van der Waals surface area contributed by atoms with Crippen molar-refractivity contribution in [3.63, 3.8) is 0 Å². The van der Waals surface area contributed by atoms with Gasteiger partial charge in [0.25, 0.3) is 0 Å². The normalized spacial score (nSPS) is 17.8. The minimum absolute atomic E-state index is 0.181. The van der Waals surface area contributed by atoms with Crippen molar-refractivity contribution >= 4 is 61.8 Å². The molecule has 3 heterocycles. The largest absolute Gasteiger partial charge is 0.350 e. The number of halogens is 2. The summed E-state index contributed by atoms with van der Waals surface area (Å²) < 4.78 is 2.52. The minimum atomic E-state index is -0.263. The molecule has 0 bridgehead atoms. The fraction of sp³-hybridized carbons (Fsp3) is 0.400. The van der Waals surface area contributed by atoms with Crippen LogP contribution >= 0.6 is 39.3 Å². The molecule has 120 valence electrons. The first kappa shape index (κ1) is 15.5. The summed E-state index contributed by atoms with van der Waals surface area (Å²) in [4.78, 5) is 31.4. The summed E-state index contributed by atoms with van der Waals surface area (Å²) in [5.74, 6) is 1.57. The third-order valence-electron chi connectivity index (χ3n) is 4.21. The van der Waals surface area contributed by atoms with Gasteiger partial charge in [-0.2, -0.15) is 4.98 Å². The molecule has 0 unspecified atom stereocenters. The van der Waals surface area contributed by atoms with Crippen LogP contribution in [0.5, 0.6) is 0 Å². The second-order valence-corrected chi connectivity index (χ2v) is 7.98. The molecule has 0 atom stereocenters. The number of Topliss-reactive ketones (excluding diaryl/α,β-unsaturated/α-hetero) is 1. The number of hydrogen-bond acceptors (Lipinski definition) is 5. The zero-order valence-corrected chi connectivity index (χ0v) is 15.3. The molecule has 0 saturated carbocycles. The Balaban J connectivity index is 2.03. The lowest BCUT2D eigenvalue weighted by molar-refractivity contribution is -0.118. The molecule has 23 heavy (non-hydrogen) atoms. The van der Waals surface area contributed by atoms with E-state index in [1.165, 1.54) is 0 Å². The molecule has 0 radical (unpaired) electrons. The third kappa shape index (κ3) is 2.49. The van der Waals surface area contributed by atoms with Gasteiger partial charge in [0.1, 0.15) is 5.82 Å². The maximum absolute atomic E-state index is 12.5. The molecular weight excluding hydrogens is 402 g/mol. The van der Waals surface area contributed by atoms with Crippen molar-refractivity contribution < 1.29 is 4.79 Å². The van der Waals surface area contributed by atoms with Crippen LogP contribution in [0.1, 0.15) is 12.8 Å². The SMILES string of the molecule is O=C1CCCN(c2nc(=O)n3c4c(c(Br)c(Cl)cc24)SCC3)C1. The fourth-order valence-corrected chi connectivity index (χ4v) is 5.15. The summed E-state index contributed by atoms with van der Waals surface area (Å²) in [6, 6.07) is 1.84. The van der Waals surface area contributed by atoms with Crippen molar-refractivity contribution in [3.05, 3.63) is 26.0 Å². The monoisotopic (exact) mass is 413 g/mol. The molecule has 5 nitrogen and oxygen atoms in total. The van der Waals surface area contributed by atoms with Gasteiger partial charge in [-0.05, 0) is 28.4 Å². The summed E-state index contributed by atoms with van der Waals surface area (Å²) in [7, 11) is 0. The van der Waals surface area contributed by atoms with Crippen LogP contribution in [0.25, 0.3) is 10.9 Å². The van der Waals surface area contributed by atoms with Crippen molar-refractivity contribution in [2.24, 2.45) is 0 Å². The van der Waals surface area contributed by atoms with Crippen LogP contribution in [0.3, 0.4) is 0 Å². The first-order valence-corrected chi connectivity index (χ1v) is 9.54. The second-order valence-electron chi connectivity index (χ2n) is 5.68. The molecule has 2 aliphatic heterocycles. The molecule has 2 aromatic rings. The fourth-order valence-electron chi connectivity index (χ4n) is 3.18. The highest BCUT2D eigenvalue weighted by Gasteiger charge is 2.26. The highest BCUT2D eigenvalue weighted by atomic mass is 79.9. The van der Waals surface area contributed by atoms with E-state index < -0.39 is 0 Å². The molecular formula is C15H13BrClN3O2S. The van der Waals surface area contributed by atoms with Crippen LogP contribution < -0.4 is 10.6 Å². The van der Waals surface area contributed by atoms with Crippen LogP contribution in [-0.4, -0.2) is 34.2 Å². The molecule has 0 amide bonds. The van der Waals surface area contributed by atoms with Gasteiger partial charge in [0.05, 0.1) is 21.6 Å². The van der Waals surface area contributed by atoms with Crippen molar-refractivity contribution in [1.82, 2.24) is 9.55 Å². The maximum atomic E-state index is 12.5. The van der Waals surface area contributed by atoms with Gasteiger partial charge in [0.15, 0.2) is 5.78 Å². The van der Waals surface area contributed by atoms with Crippen molar-refractivity contribution in [3.8, 4) is 0 Å². The molecule has 2 aliphatic rings. The van der Waals surface area contributed by atoms with Gasteiger partial charge in [-0.25, -0.2) is 4.79 Å². The number of piperidine rings is 1. The van der Waals surface area contributed by atoms with E-state index in [0.717, 1.165) is 39.0 Å². The lowest BCUT2D eigenvalue weighted by Crippen LogP contribution is -2.38. The Kier molecular flexibility index (Phi) is 3.90. The summed E-state index contributed by atoms with van der Waals surface area (Å²) in [6.45, 7) is 1.67. The highest BCUT2D eigenvalue weighted by Crippen LogP contribution is 2.43. The van der Waals surface area contributed by atoms with E-state index in [1.54, 1.807) is 16.3 Å². The van der Waals surface area contributed by atoms with Crippen molar-refractivity contribution in [1.29, 1.82) is 0 Å². The lowest BCUT2D eigenvalue weighted by Gasteiger charge is -2.29. The summed E-state index contributed by atoms with van der Waals surface area (Å²) in [5.41, 5.74) is 0.604. The minimum Gasteiger partial charge on any atom is -0.349 e. The Morgan fingerprint density at radius 3 is 2.91 bits per heavy atom. The quantitative estimate of drug-likeness (QED) is 0.718. The van der Waals surface area contributed by atoms with E-state index in [4.69, 9.17) is 11.6 Å². The van der Waals surface area contributed by atoms with Gasteiger partial charge < -0.3 is 4.90 Å². The van der Waals surface area contributed by atoms with Gasteiger partial charge >= 0.3 is 5.69 Å². The zero-order chi connectivity index (χ0) is 16.1. The zero-order valence-electron chi connectivity index (χ0n) is 12.1. The topological polar surface area (TPSA) is 55.2 Å². The number of rotatable bonds is 1. The van der Waals surface area contributed by atoms with E-state index >= 15 is 0 Å². The summed E-state index contributed by atoms with van der Waals surface area (Å²) in [6.07, 6.45) is 1.38. The first-order chi connectivity index (χ1) is 11.1. The summed E-state index contributed by atoms with van der Waals surface area (Å²) in [5, 5.41) is 1.44. The number of carbonyl (C=O) groups excluding carboxylic acids is 1. The van der Waals surface area contributed by atoms with Crippen LogP contribution in [0.4, 0.5) is 5.82 Å². The van der Waals surface area contributed by atoms with Crippen LogP contribution in [0.15, 0.2) is 20.2 Å². The van der Waals surface area contributed by atoms with Crippen molar-refractivity contribution in [2.45, 2.75) is 24.3 Å². The number of aromatic nitrogens is 2. The summed E-state index contributed by atoms with van der Waals surface area (Å²) >= 11 is 11.6. The predicted molar refractivity (Wildman–Crippen MR) is 95.9 cm³/mol. The molecule has 0 spiro atoms. The molecule has 4 rings (SSSR count). The van der Waals surface area contributed by atoms with E-state index in [9.17, 15) is 9.59 Å². The molecule has 0 aliphatic carbocycles. The second kappa shape index (κ2) is 5.79. The van der Waals surface area contributed by atoms with Crippen LogP contribution in [-0.2, 0) is 11.3 Å². The Hall–Kier alpha value is -1.05.